The molecule has 0 radical (unpaired) electrons. The van der Waals surface area contributed by atoms with E-state index in [1.165, 1.54) is 24.3 Å². The Bertz CT molecular complexity index is 876. The van der Waals surface area contributed by atoms with Crippen molar-refractivity contribution in [1.29, 1.82) is 0 Å². The highest BCUT2D eigenvalue weighted by Crippen LogP contribution is 2.08. The van der Waals surface area contributed by atoms with E-state index >= 15 is 0 Å². The molecule has 1 amide bonds. The van der Waals surface area contributed by atoms with Crippen molar-refractivity contribution < 1.29 is 18.5 Å². The number of amides is 1. The molecule has 124 valence electrons. The number of halogens is 1. The number of carbonyl (C=O) groups excluding carboxylic acids is 2. The molecule has 1 heterocycles. The highest BCUT2D eigenvalue weighted by molar-refractivity contribution is 6.04. The van der Waals surface area contributed by atoms with Crippen molar-refractivity contribution in [3.63, 3.8) is 0 Å². The number of hydrogen-bond acceptors (Lipinski definition) is 2. The first-order valence-corrected chi connectivity index (χ1v) is 7.76. The van der Waals surface area contributed by atoms with Crippen molar-refractivity contribution in [2.75, 3.05) is 5.32 Å². The molecule has 4 nitrogen and oxygen atoms in total. The van der Waals surface area contributed by atoms with Crippen LogP contribution in [0.3, 0.4) is 0 Å². The Balaban J connectivity index is 1.63. The largest absolute Gasteiger partial charge is 0.322 e. The van der Waals surface area contributed by atoms with E-state index < -0.39 is 0 Å². The molecule has 0 aliphatic rings. The second-order valence-electron chi connectivity index (χ2n) is 5.51. The van der Waals surface area contributed by atoms with E-state index in [-0.39, 0.29) is 24.1 Å². The van der Waals surface area contributed by atoms with Crippen LogP contribution in [0.25, 0.3) is 0 Å². The molecule has 0 aliphatic heterocycles. The summed E-state index contributed by atoms with van der Waals surface area (Å²) in [6.45, 7) is 0.137. The first-order valence-electron chi connectivity index (χ1n) is 7.76. The van der Waals surface area contributed by atoms with Crippen LogP contribution in [-0.4, -0.2) is 11.7 Å². The summed E-state index contributed by atoms with van der Waals surface area (Å²) in [6, 6.07) is 17.8. The van der Waals surface area contributed by atoms with E-state index in [1.807, 2.05) is 6.07 Å². The monoisotopic (exact) mass is 335 g/mol. The fourth-order valence-electron chi connectivity index (χ4n) is 2.33. The lowest BCUT2D eigenvalue weighted by molar-refractivity contribution is -0.683. The summed E-state index contributed by atoms with van der Waals surface area (Å²) in [7, 11) is 0. The Morgan fingerprint density at radius 1 is 0.840 bits per heavy atom. The molecule has 1 N–H and O–H groups in total. The first kappa shape index (κ1) is 16.5. The van der Waals surface area contributed by atoms with Gasteiger partial charge in [0.05, 0.1) is 5.69 Å². The summed E-state index contributed by atoms with van der Waals surface area (Å²) in [6.07, 6.45) is 3.42. The van der Waals surface area contributed by atoms with Gasteiger partial charge in [0.25, 0.3) is 5.91 Å². The molecule has 1 aromatic heterocycles. The quantitative estimate of drug-likeness (QED) is 0.575. The Morgan fingerprint density at radius 3 is 2.12 bits per heavy atom. The van der Waals surface area contributed by atoms with E-state index in [0.717, 1.165) is 0 Å². The highest BCUT2D eigenvalue weighted by Gasteiger charge is 2.13. The van der Waals surface area contributed by atoms with E-state index in [2.05, 4.69) is 5.32 Å². The van der Waals surface area contributed by atoms with Gasteiger partial charge in [0.2, 0.25) is 12.3 Å². The van der Waals surface area contributed by atoms with E-state index in [9.17, 15) is 14.0 Å². The van der Waals surface area contributed by atoms with Gasteiger partial charge >= 0.3 is 0 Å². The minimum Gasteiger partial charge on any atom is -0.322 e. The maximum Gasteiger partial charge on any atom is 0.255 e. The predicted molar refractivity (Wildman–Crippen MR) is 91.8 cm³/mol. The Morgan fingerprint density at radius 2 is 1.48 bits per heavy atom. The summed E-state index contributed by atoms with van der Waals surface area (Å²) in [5.41, 5.74) is 1.67. The number of nitrogens with zero attached hydrogens (tertiary/aromatic N) is 1. The summed E-state index contributed by atoms with van der Waals surface area (Å²) in [5, 5.41) is 2.80. The summed E-state index contributed by atoms with van der Waals surface area (Å²) < 4.78 is 14.6. The molecule has 0 unspecified atom stereocenters. The molecule has 0 saturated heterocycles. The van der Waals surface area contributed by atoms with Gasteiger partial charge in [-0.15, -0.1) is 0 Å². The van der Waals surface area contributed by atoms with E-state index in [0.29, 0.717) is 16.8 Å². The number of ketones is 1. The molecular weight excluding hydrogens is 319 g/mol. The van der Waals surface area contributed by atoms with Crippen molar-refractivity contribution >= 4 is 17.4 Å². The first-order chi connectivity index (χ1) is 12.1. The molecule has 0 bridgehead atoms. The molecule has 0 spiro atoms. The number of nitrogens with one attached hydrogen (secondary N) is 1. The van der Waals surface area contributed by atoms with Crippen LogP contribution in [0.4, 0.5) is 10.1 Å². The average Bonchev–Trinajstić information content (AvgIpc) is 2.64. The average molecular weight is 335 g/mol. The standard InChI is InChI=1S/C20H15FN2O2/c21-17-8-6-15(7-9-17)19(24)14-23-12-10-18(11-13-23)22-20(25)16-4-2-1-3-5-16/h1-13H,14H2/p+1. The van der Waals surface area contributed by atoms with Gasteiger partial charge in [-0.3, -0.25) is 9.59 Å². The summed E-state index contributed by atoms with van der Waals surface area (Å²) >= 11 is 0. The maximum absolute atomic E-state index is 12.9. The maximum atomic E-state index is 12.9. The van der Waals surface area contributed by atoms with E-state index in [4.69, 9.17) is 0 Å². The molecular formula is C20H16FN2O2+. The lowest BCUT2D eigenvalue weighted by atomic mass is 10.1. The van der Waals surface area contributed by atoms with Crippen molar-refractivity contribution in [2.24, 2.45) is 0 Å². The van der Waals surface area contributed by atoms with Crippen LogP contribution in [0.2, 0.25) is 0 Å². The van der Waals surface area contributed by atoms with Crippen LogP contribution in [0.5, 0.6) is 0 Å². The Labute approximate surface area is 144 Å². The van der Waals surface area contributed by atoms with Crippen molar-refractivity contribution in [2.45, 2.75) is 6.54 Å². The van der Waals surface area contributed by atoms with Gasteiger partial charge in [0, 0.05) is 23.3 Å². The number of Topliss-reactive ketones (excluding diaryl/α,β-unsaturated/α-hetero) is 1. The second-order valence-corrected chi connectivity index (χ2v) is 5.51. The zero-order chi connectivity index (χ0) is 17.6. The van der Waals surface area contributed by atoms with Gasteiger partial charge in [0.1, 0.15) is 5.82 Å². The topological polar surface area (TPSA) is 50.0 Å². The minimum absolute atomic E-state index is 0.119. The van der Waals surface area contributed by atoms with Crippen LogP contribution in [0.15, 0.2) is 79.1 Å². The van der Waals surface area contributed by atoms with Gasteiger partial charge in [-0.25, -0.2) is 4.39 Å². The van der Waals surface area contributed by atoms with Crippen molar-refractivity contribution in [3.05, 3.63) is 96.1 Å². The smallest absolute Gasteiger partial charge is 0.255 e. The third-order valence-corrected chi connectivity index (χ3v) is 3.68. The summed E-state index contributed by atoms with van der Waals surface area (Å²) in [4.78, 5) is 24.2. The molecule has 2 aromatic carbocycles. The number of carbonyl (C=O) groups is 2. The van der Waals surface area contributed by atoms with Crippen LogP contribution in [-0.2, 0) is 6.54 Å². The highest BCUT2D eigenvalue weighted by atomic mass is 19.1. The molecule has 0 saturated carbocycles. The number of pyridine rings is 1. The number of rotatable bonds is 5. The molecule has 3 rings (SSSR count). The molecule has 0 atom stereocenters. The van der Waals surface area contributed by atoms with Crippen LogP contribution >= 0.6 is 0 Å². The SMILES string of the molecule is O=C(C[n+]1ccc(NC(=O)c2ccccc2)cc1)c1ccc(F)cc1. The number of hydrogen-bond donors (Lipinski definition) is 1. The van der Waals surface area contributed by atoms with Crippen LogP contribution in [0, 0.1) is 5.82 Å². The van der Waals surface area contributed by atoms with Crippen LogP contribution < -0.4 is 9.88 Å². The molecule has 3 aromatic rings. The number of aromatic nitrogens is 1. The summed E-state index contributed by atoms with van der Waals surface area (Å²) in [5.74, 6) is -0.686. The zero-order valence-corrected chi connectivity index (χ0v) is 13.4. The van der Waals surface area contributed by atoms with Gasteiger partial charge < -0.3 is 5.32 Å². The molecule has 0 aliphatic carbocycles. The fraction of sp³-hybridized carbons (Fsp3) is 0.0500. The lowest BCUT2D eigenvalue weighted by Gasteiger charge is -2.04. The van der Waals surface area contributed by atoms with Gasteiger partial charge in [-0.05, 0) is 36.4 Å². The second kappa shape index (κ2) is 7.49. The van der Waals surface area contributed by atoms with Gasteiger partial charge in [-0.1, -0.05) is 18.2 Å². The molecule has 0 fully saturated rings. The Hall–Kier alpha value is -3.34. The molecule has 25 heavy (non-hydrogen) atoms. The lowest BCUT2D eigenvalue weighted by Crippen LogP contribution is -2.37. The third-order valence-electron chi connectivity index (χ3n) is 3.68. The zero-order valence-electron chi connectivity index (χ0n) is 13.4. The molecule has 5 heteroatoms. The third kappa shape index (κ3) is 4.35. The predicted octanol–water partition coefficient (Wildman–Crippen LogP) is 3.25. The van der Waals surface area contributed by atoms with Gasteiger partial charge in [0.15, 0.2) is 12.4 Å². The van der Waals surface area contributed by atoms with E-state index in [1.54, 1.807) is 53.4 Å². The Kier molecular flexibility index (Phi) is 4.95. The minimum atomic E-state index is -0.372. The fourth-order valence-corrected chi connectivity index (χ4v) is 2.33. The number of anilines is 1. The normalized spacial score (nSPS) is 10.3. The van der Waals surface area contributed by atoms with Crippen molar-refractivity contribution in [3.8, 4) is 0 Å². The van der Waals surface area contributed by atoms with Crippen molar-refractivity contribution in [1.82, 2.24) is 0 Å². The number of benzene rings is 2. The van der Waals surface area contributed by atoms with Gasteiger partial charge in [-0.2, -0.15) is 4.57 Å². The van der Waals surface area contributed by atoms with Crippen LogP contribution in [0.1, 0.15) is 20.7 Å².